The first-order valence-electron chi connectivity index (χ1n) is 6.52. The number of rotatable bonds is 2. The summed E-state index contributed by atoms with van der Waals surface area (Å²) in [6.45, 7) is 4.45. The Labute approximate surface area is 121 Å². The fourth-order valence-electron chi connectivity index (χ4n) is 2.30. The third-order valence-electron chi connectivity index (χ3n) is 3.47. The number of aromatic amines is 1. The number of benzene rings is 2. The Kier molecular flexibility index (Phi) is 3.19. The van der Waals surface area contributed by atoms with Gasteiger partial charge in [-0.1, -0.05) is 48.0 Å². The zero-order valence-corrected chi connectivity index (χ0v) is 12.7. The number of nitrogens with one attached hydrogen (secondary N) is 1. The van der Waals surface area contributed by atoms with E-state index in [1.54, 1.807) is 0 Å². The summed E-state index contributed by atoms with van der Waals surface area (Å²) >= 11 is 3.47. The minimum absolute atomic E-state index is 0.565. The van der Waals surface area contributed by atoms with Crippen LogP contribution in [0.15, 0.2) is 53.0 Å². The van der Waals surface area contributed by atoms with Gasteiger partial charge in [0.1, 0.15) is 0 Å². The lowest BCUT2D eigenvalue weighted by Crippen LogP contribution is -1.85. The Morgan fingerprint density at radius 2 is 1.68 bits per heavy atom. The number of fused-ring (bicyclic) bond motifs is 1. The van der Waals surface area contributed by atoms with Gasteiger partial charge in [0.05, 0.1) is 0 Å². The fourth-order valence-corrected chi connectivity index (χ4v) is 2.56. The molecule has 1 heterocycles. The lowest BCUT2D eigenvalue weighted by Gasteiger charge is -2.03. The van der Waals surface area contributed by atoms with E-state index in [9.17, 15) is 0 Å². The molecule has 96 valence electrons. The molecule has 19 heavy (non-hydrogen) atoms. The van der Waals surface area contributed by atoms with Gasteiger partial charge in [-0.05, 0) is 47.4 Å². The highest BCUT2D eigenvalue weighted by Crippen LogP contribution is 2.27. The van der Waals surface area contributed by atoms with Gasteiger partial charge in [0.2, 0.25) is 0 Å². The average molecular weight is 314 g/mol. The van der Waals surface area contributed by atoms with Crippen LogP contribution in [-0.2, 0) is 0 Å². The highest BCUT2D eigenvalue weighted by atomic mass is 79.9. The van der Waals surface area contributed by atoms with Gasteiger partial charge in [-0.25, -0.2) is 0 Å². The minimum atomic E-state index is 0.565. The minimum Gasteiger partial charge on any atom is -0.355 e. The molecule has 0 atom stereocenters. The molecule has 0 aliphatic carbocycles. The topological polar surface area (TPSA) is 15.8 Å². The zero-order chi connectivity index (χ0) is 13.4. The molecule has 3 rings (SSSR count). The lowest BCUT2D eigenvalue weighted by atomic mass is 10.0. The van der Waals surface area contributed by atoms with Gasteiger partial charge >= 0.3 is 0 Å². The van der Waals surface area contributed by atoms with Crippen molar-refractivity contribution in [2.45, 2.75) is 19.8 Å². The maximum atomic E-state index is 3.48. The standard InChI is InChI=1S/C17H16BrN/c1-11(2)13-5-8-16-14(9-13)10-17(19-16)12-3-6-15(18)7-4-12/h3-11,19H,1-2H3. The third kappa shape index (κ3) is 2.45. The van der Waals surface area contributed by atoms with Gasteiger partial charge in [0, 0.05) is 21.1 Å². The number of hydrogen-bond acceptors (Lipinski definition) is 0. The summed E-state index contributed by atoms with van der Waals surface area (Å²) in [5.41, 5.74) is 4.96. The van der Waals surface area contributed by atoms with Crippen molar-refractivity contribution in [3.8, 4) is 11.3 Å². The first kappa shape index (κ1) is 12.5. The van der Waals surface area contributed by atoms with Crippen LogP contribution in [0, 0.1) is 0 Å². The van der Waals surface area contributed by atoms with Gasteiger partial charge in [-0.2, -0.15) is 0 Å². The molecule has 0 saturated carbocycles. The maximum absolute atomic E-state index is 3.48. The number of H-pyrrole nitrogens is 1. The Morgan fingerprint density at radius 1 is 0.947 bits per heavy atom. The summed E-state index contributed by atoms with van der Waals surface area (Å²) in [5, 5.41) is 1.28. The average Bonchev–Trinajstić information content (AvgIpc) is 2.82. The van der Waals surface area contributed by atoms with Crippen LogP contribution in [0.1, 0.15) is 25.3 Å². The molecule has 0 aliphatic heterocycles. The molecule has 0 amide bonds. The van der Waals surface area contributed by atoms with Gasteiger partial charge in [0.15, 0.2) is 0 Å². The van der Waals surface area contributed by atoms with E-state index in [2.05, 4.69) is 83.3 Å². The van der Waals surface area contributed by atoms with E-state index in [0.29, 0.717) is 5.92 Å². The molecule has 3 aromatic rings. The van der Waals surface area contributed by atoms with Crippen molar-refractivity contribution in [2.24, 2.45) is 0 Å². The molecule has 1 N–H and O–H groups in total. The smallest absolute Gasteiger partial charge is 0.0464 e. The lowest BCUT2D eigenvalue weighted by molar-refractivity contribution is 0.869. The summed E-state index contributed by atoms with van der Waals surface area (Å²) in [6.07, 6.45) is 0. The second kappa shape index (κ2) is 4.86. The second-order valence-corrected chi connectivity index (χ2v) is 6.11. The van der Waals surface area contributed by atoms with Crippen molar-refractivity contribution in [3.63, 3.8) is 0 Å². The first-order valence-corrected chi connectivity index (χ1v) is 7.31. The van der Waals surface area contributed by atoms with Gasteiger partial charge in [0.25, 0.3) is 0 Å². The van der Waals surface area contributed by atoms with E-state index >= 15 is 0 Å². The zero-order valence-electron chi connectivity index (χ0n) is 11.1. The maximum Gasteiger partial charge on any atom is 0.0464 e. The Bertz CT molecular complexity index is 708. The van der Waals surface area contributed by atoms with Crippen molar-refractivity contribution < 1.29 is 0 Å². The van der Waals surface area contributed by atoms with E-state index in [4.69, 9.17) is 0 Å². The van der Waals surface area contributed by atoms with Crippen molar-refractivity contribution in [2.75, 3.05) is 0 Å². The van der Waals surface area contributed by atoms with Crippen LogP contribution in [-0.4, -0.2) is 4.98 Å². The second-order valence-electron chi connectivity index (χ2n) is 5.19. The highest BCUT2D eigenvalue weighted by Gasteiger charge is 2.05. The summed E-state index contributed by atoms with van der Waals surface area (Å²) in [7, 11) is 0. The van der Waals surface area contributed by atoms with Crippen LogP contribution in [0.3, 0.4) is 0 Å². The van der Waals surface area contributed by atoms with E-state index < -0.39 is 0 Å². The highest BCUT2D eigenvalue weighted by molar-refractivity contribution is 9.10. The monoisotopic (exact) mass is 313 g/mol. The molecule has 0 fully saturated rings. The Morgan fingerprint density at radius 3 is 2.37 bits per heavy atom. The van der Waals surface area contributed by atoms with Crippen LogP contribution in [0.2, 0.25) is 0 Å². The predicted octanol–water partition coefficient (Wildman–Crippen LogP) is 5.72. The molecule has 1 nitrogen and oxygen atoms in total. The molecular formula is C17H16BrN. The number of halogens is 1. The third-order valence-corrected chi connectivity index (χ3v) is 4.00. The summed E-state index contributed by atoms with van der Waals surface area (Å²) in [5.74, 6) is 0.565. The molecule has 0 saturated heterocycles. The molecule has 0 aliphatic rings. The van der Waals surface area contributed by atoms with Crippen molar-refractivity contribution in [1.29, 1.82) is 0 Å². The molecule has 2 heteroatoms. The van der Waals surface area contributed by atoms with Crippen LogP contribution < -0.4 is 0 Å². The Balaban J connectivity index is 2.08. The van der Waals surface area contributed by atoms with Crippen molar-refractivity contribution >= 4 is 26.8 Å². The van der Waals surface area contributed by atoms with Crippen LogP contribution in [0.25, 0.3) is 22.2 Å². The molecular weight excluding hydrogens is 298 g/mol. The summed E-state index contributed by atoms with van der Waals surface area (Å²) < 4.78 is 1.11. The number of hydrogen-bond donors (Lipinski definition) is 1. The van der Waals surface area contributed by atoms with E-state index in [1.165, 1.54) is 27.7 Å². The van der Waals surface area contributed by atoms with Gasteiger partial charge < -0.3 is 4.98 Å². The van der Waals surface area contributed by atoms with Gasteiger partial charge in [-0.15, -0.1) is 0 Å². The van der Waals surface area contributed by atoms with E-state index in [1.807, 2.05) is 0 Å². The fraction of sp³-hybridized carbons (Fsp3) is 0.176. The van der Waals surface area contributed by atoms with E-state index in [0.717, 1.165) is 4.47 Å². The van der Waals surface area contributed by atoms with E-state index in [-0.39, 0.29) is 0 Å². The molecule has 0 unspecified atom stereocenters. The summed E-state index contributed by atoms with van der Waals surface area (Å²) in [4.78, 5) is 3.48. The largest absolute Gasteiger partial charge is 0.355 e. The number of aromatic nitrogens is 1. The van der Waals surface area contributed by atoms with Crippen molar-refractivity contribution in [1.82, 2.24) is 4.98 Å². The van der Waals surface area contributed by atoms with Crippen LogP contribution in [0.5, 0.6) is 0 Å². The van der Waals surface area contributed by atoms with Crippen molar-refractivity contribution in [3.05, 3.63) is 58.6 Å². The molecule has 0 spiro atoms. The predicted molar refractivity (Wildman–Crippen MR) is 85.5 cm³/mol. The molecule has 2 aromatic carbocycles. The Hall–Kier alpha value is -1.54. The van der Waals surface area contributed by atoms with Gasteiger partial charge in [-0.3, -0.25) is 0 Å². The SMILES string of the molecule is CC(C)c1ccc2[nH]c(-c3ccc(Br)cc3)cc2c1. The quantitative estimate of drug-likeness (QED) is 0.622. The summed E-state index contributed by atoms with van der Waals surface area (Å²) in [6, 6.07) is 17.3. The van der Waals surface area contributed by atoms with Crippen LogP contribution >= 0.6 is 15.9 Å². The van der Waals surface area contributed by atoms with Crippen LogP contribution in [0.4, 0.5) is 0 Å². The normalized spacial score (nSPS) is 11.4. The molecule has 1 aromatic heterocycles. The molecule has 0 bridgehead atoms. The molecule has 0 radical (unpaired) electrons. The first-order chi connectivity index (χ1) is 9.13.